The number of fused-ring (bicyclic) bond motifs is 1. The van der Waals surface area contributed by atoms with Crippen molar-refractivity contribution in [2.24, 2.45) is 5.92 Å². The number of aryl methyl sites for hydroxylation is 1. The Morgan fingerprint density at radius 2 is 2.32 bits per heavy atom. The van der Waals surface area contributed by atoms with Gasteiger partial charge in [0.25, 0.3) is 5.91 Å². The van der Waals surface area contributed by atoms with Crippen molar-refractivity contribution in [1.82, 2.24) is 4.90 Å². The van der Waals surface area contributed by atoms with Gasteiger partial charge in [-0.25, -0.2) is 0 Å². The number of carbonyl (C=O) groups is 1. The number of ether oxygens (including phenoxy) is 1. The molecule has 22 heavy (non-hydrogen) atoms. The highest BCUT2D eigenvalue weighted by atomic mass is 16.5. The van der Waals surface area contributed by atoms with Crippen molar-refractivity contribution < 1.29 is 19.1 Å². The third kappa shape index (κ3) is 2.46. The molecule has 0 aliphatic carbocycles. The van der Waals surface area contributed by atoms with Crippen molar-refractivity contribution in [3.8, 4) is 5.75 Å². The number of likely N-dealkylation sites (tertiary alicyclic amines) is 1. The molecular formula is C17H21NO4. The molecule has 0 saturated carbocycles. The molecule has 2 heterocycles. The van der Waals surface area contributed by atoms with Crippen LogP contribution in [0.3, 0.4) is 0 Å². The van der Waals surface area contributed by atoms with Gasteiger partial charge in [0.2, 0.25) is 0 Å². The van der Waals surface area contributed by atoms with Crippen LogP contribution in [0.4, 0.5) is 0 Å². The highest BCUT2D eigenvalue weighted by molar-refractivity contribution is 6.00. The molecule has 0 bridgehead atoms. The first kappa shape index (κ1) is 14.9. The van der Waals surface area contributed by atoms with Crippen LogP contribution in [0.25, 0.3) is 11.0 Å². The first-order valence-corrected chi connectivity index (χ1v) is 7.62. The first-order valence-electron chi connectivity index (χ1n) is 7.62. The van der Waals surface area contributed by atoms with E-state index in [9.17, 15) is 9.90 Å². The zero-order valence-corrected chi connectivity index (χ0v) is 13.0. The van der Waals surface area contributed by atoms with Crippen LogP contribution in [0.1, 0.15) is 29.0 Å². The lowest BCUT2D eigenvalue weighted by Crippen LogP contribution is -2.41. The molecular weight excluding hydrogens is 282 g/mol. The van der Waals surface area contributed by atoms with Crippen LogP contribution in [0.2, 0.25) is 0 Å². The number of furan rings is 1. The Morgan fingerprint density at radius 1 is 1.50 bits per heavy atom. The SMILES string of the molecule is COc1cccc2c(C)c(C(=O)N3CCCC(CO)C3)oc12. The number of methoxy groups -OCH3 is 1. The quantitative estimate of drug-likeness (QED) is 0.946. The number of aliphatic hydroxyl groups is 1. The summed E-state index contributed by atoms with van der Waals surface area (Å²) in [5.74, 6) is 1.07. The predicted molar refractivity (Wildman–Crippen MR) is 83.2 cm³/mol. The fraction of sp³-hybridized carbons (Fsp3) is 0.471. The molecule has 1 amide bonds. The maximum Gasteiger partial charge on any atom is 0.289 e. The molecule has 3 rings (SSSR count). The molecule has 5 heteroatoms. The number of nitrogens with zero attached hydrogens (tertiary/aromatic N) is 1. The zero-order chi connectivity index (χ0) is 15.7. The van der Waals surface area contributed by atoms with Gasteiger partial charge in [0, 0.05) is 30.6 Å². The molecule has 1 atom stereocenters. The van der Waals surface area contributed by atoms with Gasteiger partial charge in [-0.1, -0.05) is 12.1 Å². The van der Waals surface area contributed by atoms with Gasteiger partial charge in [0.15, 0.2) is 17.1 Å². The van der Waals surface area contributed by atoms with Crippen LogP contribution in [0, 0.1) is 12.8 Å². The monoisotopic (exact) mass is 303 g/mol. The maximum absolute atomic E-state index is 12.8. The molecule has 1 unspecified atom stereocenters. The number of para-hydroxylation sites is 1. The Bertz CT molecular complexity index is 691. The van der Waals surface area contributed by atoms with Crippen LogP contribution >= 0.6 is 0 Å². The minimum Gasteiger partial charge on any atom is -0.493 e. The summed E-state index contributed by atoms with van der Waals surface area (Å²) < 4.78 is 11.1. The number of benzene rings is 1. The molecule has 1 aromatic heterocycles. The van der Waals surface area contributed by atoms with E-state index in [4.69, 9.17) is 9.15 Å². The molecule has 118 valence electrons. The molecule has 1 aliphatic heterocycles. The van der Waals surface area contributed by atoms with Crippen molar-refractivity contribution in [1.29, 1.82) is 0 Å². The van der Waals surface area contributed by atoms with Gasteiger partial charge in [-0.3, -0.25) is 4.79 Å². The summed E-state index contributed by atoms with van der Waals surface area (Å²) in [6, 6.07) is 5.64. The van der Waals surface area contributed by atoms with Gasteiger partial charge in [0.05, 0.1) is 7.11 Å². The average molecular weight is 303 g/mol. The van der Waals surface area contributed by atoms with Crippen LogP contribution in [-0.2, 0) is 0 Å². The van der Waals surface area contributed by atoms with E-state index in [0.717, 1.165) is 23.8 Å². The van der Waals surface area contributed by atoms with Crippen LogP contribution < -0.4 is 4.74 Å². The van der Waals surface area contributed by atoms with E-state index in [0.29, 0.717) is 30.2 Å². The van der Waals surface area contributed by atoms with E-state index in [1.807, 2.05) is 25.1 Å². The summed E-state index contributed by atoms with van der Waals surface area (Å²) in [4.78, 5) is 14.5. The van der Waals surface area contributed by atoms with Gasteiger partial charge in [-0.15, -0.1) is 0 Å². The molecule has 1 aliphatic rings. The molecule has 1 N–H and O–H groups in total. The summed E-state index contributed by atoms with van der Waals surface area (Å²) in [6.45, 7) is 3.31. The minimum absolute atomic E-state index is 0.103. The smallest absolute Gasteiger partial charge is 0.289 e. The van der Waals surface area contributed by atoms with Crippen LogP contribution in [0.5, 0.6) is 5.75 Å². The second kappa shape index (κ2) is 6.01. The van der Waals surface area contributed by atoms with Gasteiger partial charge < -0.3 is 19.2 Å². The second-order valence-corrected chi connectivity index (χ2v) is 5.84. The van der Waals surface area contributed by atoms with Crippen LogP contribution in [0.15, 0.2) is 22.6 Å². The molecule has 1 aromatic carbocycles. The van der Waals surface area contributed by atoms with Crippen LogP contribution in [-0.4, -0.2) is 42.7 Å². The Labute approximate surface area is 129 Å². The van der Waals surface area contributed by atoms with E-state index >= 15 is 0 Å². The molecule has 1 saturated heterocycles. The van der Waals surface area contributed by atoms with Crippen molar-refractivity contribution in [3.05, 3.63) is 29.5 Å². The van der Waals surface area contributed by atoms with Crippen molar-refractivity contribution in [3.63, 3.8) is 0 Å². The zero-order valence-electron chi connectivity index (χ0n) is 13.0. The number of carbonyl (C=O) groups excluding carboxylic acids is 1. The summed E-state index contributed by atoms with van der Waals surface area (Å²) in [5.41, 5.74) is 1.45. The number of aliphatic hydroxyl groups excluding tert-OH is 1. The summed E-state index contributed by atoms with van der Waals surface area (Å²) in [6.07, 6.45) is 1.88. The molecule has 0 spiro atoms. The van der Waals surface area contributed by atoms with Gasteiger partial charge in [-0.2, -0.15) is 0 Å². The summed E-state index contributed by atoms with van der Waals surface area (Å²) >= 11 is 0. The largest absolute Gasteiger partial charge is 0.493 e. The fourth-order valence-corrected chi connectivity index (χ4v) is 3.12. The standard InChI is InChI=1S/C17H21NO4/c1-11-13-6-3-7-14(21-2)16(13)22-15(11)17(20)18-8-4-5-12(9-18)10-19/h3,6-7,12,19H,4-5,8-10H2,1-2H3. The summed E-state index contributed by atoms with van der Waals surface area (Å²) in [7, 11) is 1.59. The Morgan fingerprint density at radius 3 is 3.05 bits per heavy atom. The summed E-state index contributed by atoms with van der Waals surface area (Å²) in [5, 5.41) is 10.2. The lowest BCUT2D eigenvalue weighted by molar-refractivity contribution is 0.0591. The van der Waals surface area contributed by atoms with Gasteiger partial charge in [0.1, 0.15) is 0 Å². The van der Waals surface area contributed by atoms with E-state index < -0.39 is 0 Å². The highest BCUT2D eigenvalue weighted by Gasteiger charge is 2.28. The maximum atomic E-state index is 12.8. The highest BCUT2D eigenvalue weighted by Crippen LogP contribution is 2.33. The van der Waals surface area contributed by atoms with E-state index in [1.54, 1.807) is 12.0 Å². The van der Waals surface area contributed by atoms with E-state index in [-0.39, 0.29) is 18.4 Å². The van der Waals surface area contributed by atoms with E-state index in [2.05, 4.69) is 0 Å². The fourth-order valence-electron chi connectivity index (χ4n) is 3.12. The molecule has 5 nitrogen and oxygen atoms in total. The molecule has 0 radical (unpaired) electrons. The first-order chi connectivity index (χ1) is 10.7. The normalized spacial score (nSPS) is 18.7. The number of hydrogen-bond donors (Lipinski definition) is 1. The van der Waals surface area contributed by atoms with Gasteiger partial charge in [-0.05, 0) is 31.7 Å². The number of piperidine rings is 1. The van der Waals surface area contributed by atoms with Crippen molar-refractivity contribution in [2.45, 2.75) is 19.8 Å². The Kier molecular flexibility index (Phi) is 4.07. The Balaban J connectivity index is 1.96. The third-order valence-corrected chi connectivity index (χ3v) is 4.41. The Hall–Kier alpha value is -2.01. The molecule has 1 fully saturated rings. The minimum atomic E-state index is -0.103. The number of amides is 1. The number of rotatable bonds is 3. The van der Waals surface area contributed by atoms with E-state index in [1.165, 1.54) is 0 Å². The third-order valence-electron chi connectivity index (χ3n) is 4.41. The topological polar surface area (TPSA) is 62.9 Å². The average Bonchev–Trinajstić information content (AvgIpc) is 2.91. The lowest BCUT2D eigenvalue weighted by atomic mass is 9.98. The second-order valence-electron chi connectivity index (χ2n) is 5.84. The predicted octanol–water partition coefficient (Wildman–Crippen LogP) is 2.59. The number of hydrogen-bond acceptors (Lipinski definition) is 4. The van der Waals surface area contributed by atoms with Gasteiger partial charge >= 0.3 is 0 Å². The van der Waals surface area contributed by atoms with Crippen molar-refractivity contribution >= 4 is 16.9 Å². The van der Waals surface area contributed by atoms with Crippen molar-refractivity contribution in [2.75, 3.05) is 26.8 Å². The molecule has 2 aromatic rings. The lowest BCUT2D eigenvalue weighted by Gasteiger charge is -2.31.